The molecule has 2 amide bonds. The summed E-state index contributed by atoms with van der Waals surface area (Å²) >= 11 is 0. The largest absolute Gasteiger partial charge is 0.508 e. The Morgan fingerprint density at radius 2 is 1.67 bits per heavy atom. The lowest BCUT2D eigenvalue weighted by Crippen LogP contribution is -2.20. The van der Waals surface area contributed by atoms with Gasteiger partial charge in [-0.25, -0.2) is 0 Å². The first-order valence-electron chi connectivity index (χ1n) is 9.83. The van der Waals surface area contributed by atoms with Crippen LogP contribution < -0.4 is 5.32 Å². The van der Waals surface area contributed by atoms with Gasteiger partial charge >= 0.3 is 0 Å². The Bertz CT molecular complexity index is 1340. The minimum atomic E-state index is -0.396. The van der Waals surface area contributed by atoms with E-state index in [4.69, 9.17) is 0 Å². The standard InChI is InChI=1S/C24H21N3O3/c1-26(2)10-11-27-18-9-8-15(28)12-17(18)20-19(27)13-16(14-6-4-3-5-7-14)21-22(20)24(30)25-23(21)29/h3-9,12-13,28H,10-11H2,1-2H3,(H,25,29,30). The lowest BCUT2D eigenvalue weighted by atomic mass is 9.93. The molecule has 0 aliphatic carbocycles. The summed E-state index contributed by atoms with van der Waals surface area (Å²) in [7, 11) is 4.03. The number of aromatic hydroxyl groups is 1. The van der Waals surface area contributed by atoms with Gasteiger partial charge in [0.05, 0.1) is 16.6 Å². The molecule has 0 bridgehead atoms. The van der Waals surface area contributed by atoms with Crippen LogP contribution in [0.25, 0.3) is 32.9 Å². The minimum absolute atomic E-state index is 0.125. The predicted molar refractivity (Wildman–Crippen MR) is 117 cm³/mol. The van der Waals surface area contributed by atoms with Gasteiger partial charge in [0.25, 0.3) is 11.8 Å². The Balaban J connectivity index is 1.94. The molecule has 0 saturated carbocycles. The van der Waals surface area contributed by atoms with Gasteiger partial charge in [0.1, 0.15) is 5.75 Å². The van der Waals surface area contributed by atoms with E-state index in [0.717, 1.165) is 34.1 Å². The molecule has 0 unspecified atom stereocenters. The molecule has 2 heterocycles. The van der Waals surface area contributed by atoms with Crippen LogP contribution in [-0.2, 0) is 6.54 Å². The predicted octanol–water partition coefficient (Wildman–Crippen LogP) is 3.61. The summed E-state index contributed by atoms with van der Waals surface area (Å²) in [6.45, 7) is 1.52. The second-order valence-corrected chi connectivity index (χ2v) is 7.87. The highest BCUT2D eigenvalue weighted by Crippen LogP contribution is 2.41. The number of carbonyl (C=O) groups excluding carboxylic acids is 2. The van der Waals surface area contributed by atoms with E-state index >= 15 is 0 Å². The highest BCUT2D eigenvalue weighted by molar-refractivity contribution is 6.32. The Hall–Kier alpha value is -3.64. The van der Waals surface area contributed by atoms with Gasteiger partial charge in [-0.05, 0) is 49.5 Å². The number of nitrogens with one attached hydrogen (secondary N) is 1. The molecule has 1 aliphatic heterocycles. The van der Waals surface area contributed by atoms with Gasteiger partial charge in [-0.3, -0.25) is 14.9 Å². The maximum atomic E-state index is 12.9. The highest BCUT2D eigenvalue weighted by atomic mass is 16.3. The SMILES string of the molecule is CN(C)CCn1c2ccc(O)cc2c2c3c(c(-c4ccccc4)cc21)C(=O)NC3=O. The molecule has 6 nitrogen and oxygen atoms in total. The van der Waals surface area contributed by atoms with Crippen molar-refractivity contribution in [3.05, 3.63) is 65.7 Å². The van der Waals surface area contributed by atoms with Gasteiger partial charge in [0.2, 0.25) is 0 Å². The first-order chi connectivity index (χ1) is 14.5. The third-order valence-electron chi connectivity index (χ3n) is 5.67. The number of nitrogens with zero attached hydrogens (tertiary/aromatic N) is 2. The number of fused-ring (bicyclic) bond motifs is 5. The van der Waals surface area contributed by atoms with Crippen LogP contribution in [0.2, 0.25) is 0 Å². The molecule has 150 valence electrons. The van der Waals surface area contributed by atoms with Crippen LogP contribution in [0.4, 0.5) is 0 Å². The van der Waals surface area contributed by atoms with E-state index in [1.807, 2.05) is 56.6 Å². The smallest absolute Gasteiger partial charge is 0.259 e. The maximum absolute atomic E-state index is 12.9. The molecule has 0 radical (unpaired) electrons. The van der Waals surface area contributed by atoms with E-state index in [0.29, 0.717) is 23.1 Å². The number of phenolic OH excluding ortho intramolecular Hbond substituents is 1. The second kappa shape index (κ2) is 6.71. The Morgan fingerprint density at radius 3 is 2.40 bits per heavy atom. The molecule has 5 rings (SSSR count). The quantitative estimate of drug-likeness (QED) is 0.514. The molecule has 1 aromatic heterocycles. The van der Waals surface area contributed by atoms with Crippen molar-refractivity contribution in [1.29, 1.82) is 0 Å². The van der Waals surface area contributed by atoms with Crippen molar-refractivity contribution in [2.24, 2.45) is 0 Å². The van der Waals surface area contributed by atoms with E-state index in [1.54, 1.807) is 12.1 Å². The number of aromatic nitrogens is 1. The third kappa shape index (κ3) is 2.69. The van der Waals surface area contributed by atoms with Crippen LogP contribution in [0.3, 0.4) is 0 Å². The second-order valence-electron chi connectivity index (χ2n) is 7.87. The lowest BCUT2D eigenvalue weighted by molar-refractivity contribution is 0.0880. The molecule has 3 aromatic carbocycles. The highest BCUT2D eigenvalue weighted by Gasteiger charge is 2.34. The number of amides is 2. The zero-order valence-electron chi connectivity index (χ0n) is 16.8. The average Bonchev–Trinajstić information content (AvgIpc) is 3.19. The number of carbonyl (C=O) groups is 2. The molecular formula is C24H21N3O3. The molecular weight excluding hydrogens is 378 g/mol. The zero-order chi connectivity index (χ0) is 21.0. The maximum Gasteiger partial charge on any atom is 0.259 e. The van der Waals surface area contributed by atoms with Crippen LogP contribution in [0.15, 0.2) is 54.6 Å². The Labute approximate surface area is 173 Å². The van der Waals surface area contributed by atoms with Crippen molar-refractivity contribution in [3.8, 4) is 16.9 Å². The van der Waals surface area contributed by atoms with E-state index in [-0.39, 0.29) is 11.7 Å². The number of imide groups is 1. The first kappa shape index (κ1) is 18.4. The van der Waals surface area contributed by atoms with Gasteiger partial charge < -0.3 is 14.6 Å². The molecule has 1 aliphatic rings. The van der Waals surface area contributed by atoms with Crippen LogP contribution in [0, 0.1) is 0 Å². The van der Waals surface area contributed by atoms with Gasteiger partial charge in [0, 0.05) is 29.4 Å². The summed E-state index contributed by atoms with van der Waals surface area (Å²) in [6, 6.07) is 16.8. The van der Waals surface area contributed by atoms with Crippen LogP contribution in [0.5, 0.6) is 5.75 Å². The van der Waals surface area contributed by atoms with Crippen molar-refractivity contribution < 1.29 is 14.7 Å². The molecule has 0 spiro atoms. The number of hydrogen-bond acceptors (Lipinski definition) is 4. The van der Waals surface area contributed by atoms with Crippen molar-refractivity contribution in [3.63, 3.8) is 0 Å². The summed E-state index contributed by atoms with van der Waals surface area (Å²) in [6.07, 6.45) is 0. The van der Waals surface area contributed by atoms with Crippen molar-refractivity contribution in [1.82, 2.24) is 14.8 Å². The zero-order valence-corrected chi connectivity index (χ0v) is 16.8. The fraction of sp³-hybridized carbons (Fsp3) is 0.167. The molecule has 2 N–H and O–H groups in total. The van der Waals surface area contributed by atoms with Crippen molar-refractivity contribution in [2.45, 2.75) is 6.54 Å². The van der Waals surface area contributed by atoms with E-state index < -0.39 is 5.91 Å². The molecule has 4 aromatic rings. The number of phenols is 1. The molecule has 30 heavy (non-hydrogen) atoms. The fourth-order valence-electron chi connectivity index (χ4n) is 4.32. The van der Waals surface area contributed by atoms with Gasteiger partial charge in [0.15, 0.2) is 0 Å². The fourth-order valence-corrected chi connectivity index (χ4v) is 4.32. The van der Waals surface area contributed by atoms with E-state index in [1.165, 1.54) is 0 Å². The Morgan fingerprint density at radius 1 is 0.933 bits per heavy atom. The normalized spacial score (nSPS) is 13.4. The summed E-state index contributed by atoms with van der Waals surface area (Å²) in [5.41, 5.74) is 4.20. The molecule has 0 fully saturated rings. The minimum Gasteiger partial charge on any atom is -0.508 e. The van der Waals surface area contributed by atoms with Crippen LogP contribution in [-0.4, -0.2) is 47.0 Å². The molecule has 0 atom stereocenters. The number of likely N-dealkylation sites (N-methyl/N-ethyl adjacent to an activating group) is 1. The Kier molecular flexibility index (Phi) is 4.11. The topological polar surface area (TPSA) is 74.6 Å². The molecule has 0 saturated heterocycles. The number of rotatable bonds is 4. The van der Waals surface area contributed by atoms with Gasteiger partial charge in [-0.2, -0.15) is 0 Å². The number of hydrogen-bond donors (Lipinski definition) is 2. The van der Waals surface area contributed by atoms with Gasteiger partial charge in [-0.1, -0.05) is 30.3 Å². The summed E-state index contributed by atoms with van der Waals surface area (Å²) < 4.78 is 2.16. The van der Waals surface area contributed by atoms with Gasteiger partial charge in [-0.15, -0.1) is 0 Å². The summed E-state index contributed by atoms with van der Waals surface area (Å²) in [5.74, 6) is -0.655. The van der Waals surface area contributed by atoms with Crippen molar-refractivity contribution >= 4 is 33.6 Å². The number of benzene rings is 3. The van der Waals surface area contributed by atoms with Crippen LogP contribution in [0.1, 0.15) is 20.7 Å². The summed E-state index contributed by atoms with van der Waals surface area (Å²) in [5, 5.41) is 14.1. The monoisotopic (exact) mass is 399 g/mol. The van der Waals surface area contributed by atoms with E-state index in [2.05, 4.69) is 14.8 Å². The van der Waals surface area contributed by atoms with E-state index in [9.17, 15) is 14.7 Å². The molecule has 6 heteroatoms. The van der Waals surface area contributed by atoms with Crippen molar-refractivity contribution in [2.75, 3.05) is 20.6 Å². The summed E-state index contributed by atoms with van der Waals surface area (Å²) in [4.78, 5) is 27.7. The third-order valence-corrected chi connectivity index (χ3v) is 5.67. The average molecular weight is 399 g/mol. The lowest BCUT2D eigenvalue weighted by Gasteiger charge is -2.14. The van der Waals surface area contributed by atoms with Crippen LogP contribution >= 0.6 is 0 Å². The first-order valence-corrected chi connectivity index (χ1v) is 9.83.